The van der Waals surface area contributed by atoms with E-state index in [0.717, 1.165) is 19.7 Å². The molecule has 0 aromatic rings. The number of hydrogen-bond donors (Lipinski definition) is 0. The third kappa shape index (κ3) is 3.94. The van der Waals surface area contributed by atoms with E-state index in [9.17, 15) is 0 Å². The molecule has 1 saturated heterocycles. The summed E-state index contributed by atoms with van der Waals surface area (Å²) in [4.78, 5) is 2.56. The summed E-state index contributed by atoms with van der Waals surface area (Å²) in [7, 11) is 0. The highest BCUT2D eigenvalue weighted by molar-refractivity contribution is 4.96. The number of morpholine rings is 1. The average molecular weight is 241 g/mol. The molecule has 2 fully saturated rings. The first kappa shape index (κ1) is 13.3. The summed E-state index contributed by atoms with van der Waals surface area (Å²) in [5.74, 6) is 0. The first-order chi connectivity index (χ1) is 7.99. The molecule has 0 bridgehead atoms. The van der Waals surface area contributed by atoms with Crippen molar-refractivity contribution < 1.29 is 9.47 Å². The van der Waals surface area contributed by atoms with Crippen molar-refractivity contribution in [2.24, 2.45) is 5.41 Å². The second-order valence-electron chi connectivity index (χ2n) is 6.31. The molecule has 1 heterocycles. The van der Waals surface area contributed by atoms with Crippen LogP contribution in [0, 0.1) is 5.41 Å². The SMILES string of the molecule is CC(C)OCC1(CN2CC(C)OC(C)C2)CC1. The summed E-state index contributed by atoms with van der Waals surface area (Å²) in [5.41, 5.74) is 0.459. The fourth-order valence-corrected chi connectivity index (χ4v) is 2.76. The lowest BCUT2D eigenvalue weighted by molar-refractivity contribution is -0.0774. The van der Waals surface area contributed by atoms with Crippen LogP contribution in [0.2, 0.25) is 0 Å². The van der Waals surface area contributed by atoms with Gasteiger partial charge < -0.3 is 9.47 Å². The Morgan fingerprint density at radius 2 is 1.82 bits per heavy atom. The Kier molecular flexibility index (Phi) is 4.11. The zero-order valence-electron chi connectivity index (χ0n) is 11.7. The van der Waals surface area contributed by atoms with Gasteiger partial charge in [0.1, 0.15) is 0 Å². The largest absolute Gasteiger partial charge is 0.378 e. The van der Waals surface area contributed by atoms with Gasteiger partial charge in [-0.1, -0.05) is 0 Å². The summed E-state index contributed by atoms with van der Waals surface area (Å²) in [6, 6.07) is 0. The van der Waals surface area contributed by atoms with Crippen molar-refractivity contribution >= 4 is 0 Å². The molecule has 3 heteroatoms. The molecular weight excluding hydrogens is 214 g/mol. The molecule has 0 N–H and O–H groups in total. The van der Waals surface area contributed by atoms with Crippen molar-refractivity contribution in [1.82, 2.24) is 4.90 Å². The zero-order chi connectivity index (χ0) is 12.5. The molecule has 0 aromatic carbocycles. The van der Waals surface area contributed by atoms with Crippen molar-refractivity contribution in [3.63, 3.8) is 0 Å². The van der Waals surface area contributed by atoms with Gasteiger partial charge in [-0.3, -0.25) is 4.90 Å². The molecule has 2 aliphatic rings. The van der Waals surface area contributed by atoms with Gasteiger partial charge in [0.25, 0.3) is 0 Å². The zero-order valence-corrected chi connectivity index (χ0v) is 11.7. The lowest BCUT2D eigenvalue weighted by Crippen LogP contribution is -2.48. The lowest BCUT2D eigenvalue weighted by atomic mass is 10.1. The minimum atomic E-state index is 0.356. The minimum absolute atomic E-state index is 0.356. The fourth-order valence-electron chi connectivity index (χ4n) is 2.76. The van der Waals surface area contributed by atoms with E-state index in [0.29, 0.717) is 23.7 Å². The van der Waals surface area contributed by atoms with Gasteiger partial charge in [0.15, 0.2) is 0 Å². The average Bonchev–Trinajstić information content (AvgIpc) is 2.94. The second-order valence-corrected chi connectivity index (χ2v) is 6.31. The molecule has 1 aliphatic heterocycles. The van der Waals surface area contributed by atoms with Crippen molar-refractivity contribution in [2.45, 2.75) is 58.8 Å². The second kappa shape index (κ2) is 5.25. The lowest BCUT2D eigenvalue weighted by Gasteiger charge is -2.37. The molecule has 2 rings (SSSR count). The van der Waals surface area contributed by atoms with Crippen LogP contribution in [0.15, 0.2) is 0 Å². The standard InChI is InChI=1S/C14H27NO2/c1-11(2)16-10-14(5-6-14)9-15-7-12(3)17-13(4)8-15/h11-13H,5-10H2,1-4H3. The Balaban J connectivity index is 1.79. The monoisotopic (exact) mass is 241 g/mol. The molecule has 0 radical (unpaired) electrons. The molecule has 0 aromatic heterocycles. The van der Waals surface area contributed by atoms with Crippen LogP contribution in [0.4, 0.5) is 0 Å². The summed E-state index contributed by atoms with van der Waals surface area (Å²) in [5, 5.41) is 0. The van der Waals surface area contributed by atoms with Gasteiger partial charge in [-0.15, -0.1) is 0 Å². The van der Waals surface area contributed by atoms with Crippen LogP contribution in [0.25, 0.3) is 0 Å². The van der Waals surface area contributed by atoms with E-state index in [1.54, 1.807) is 0 Å². The maximum Gasteiger partial charge on any atom is 0.0678 e. The summed E-state index contributed by atoms with van der Waals surface area (Å²) < 4.78 is 11.6. The predicted octanol–water partition coefficient (Wildman–Crippen LogP) is 2.30. The van der Waals surface area contributed by atoms with Gasteiger partial charge in [0, 0.05) is 25.0 Å². The third-order valence-electron chi connectivity index (χ3n) is 3.73. The van der Waals surface area contributed by atoms with Gasteiger partial charge in [-0.2, -0.15) is 0 Å². The van der Waals surface area contributed by atoms with Crippen LogP contribution in [0.3, 0.4) is 0 Å². The summed E-state index contributed by atoms with van der Waals surface area (Å²) in [6.45, 7) is 12.9. The van der Waals surface area contributed by atoms with Crippen LogP contribution in [0.1, 0.15) is 40.5 Å². The molecule has 2 unspecified atom stereocenters. The van der Waals surface area contributed by atoms with E-state index in [2.05, 4.69) is 32.6 Å². The summed E-state index contributed by atoms with van der Waals surface area (Å²) in [6.07, 6.45) is 3.77. The molecule has 1 saturated carbocycles. The van der Waals surface area contributed by atoms with Crippen LogP contribution >= 0.6 is 0 Å². The Morgan fingerprint density at radius 1 is 1.24 bits per heavy atom. The summed E-state index contributed by atoms with van der Waals surface area (Å²) >= 11 is 0. The molecule has 3 nitrogen and oxygen atoms in total. The molecular formula is C14H27NO2. The van der Waals surface area contributed by atoms with E-state index < -0.39 is 0 Å². The minimum Gasteiger partial charge on any atom is -0.378 e. The molecule has 1 aliphatic carbocycles. The topological polar surface area (TPSA) is 21.7 Å². The molecule has 17 heavy (non-hydrogen) atoms. The van der Waals surface area contributed by atoms with Crippen molar-refractivity contribution in [2.75, 3.05) is 26.2 Å². The molecule has 0 spiro atoms. The Labute approximate surface area is 105 Å². The van der Waals surface area contributed by atoms with Crippen molar-refractivity contribution in [3.05, 3.63) is 0 Å². The molecule has 100 valence electrons. The van der Waals surface area contributed by atoms with E-state index >= 15 is 0 Å². The van der Waals surface area contributed by atoms with Gasteiger partial charge in [-0.05, 0) is 40.5 Å². The van der Waals surface area contributed by atoms with Gasteiger partial charge >= 0.3 is 0 Å². The van der Waals surface area contributed by atoms with Crippen molar-refractivity contribution in [1.29, 1.82) is 0 Å². The molecule has 0 amide bonds. The third-order valence-corrected chi connectivity index (χ3v) is 3.73. The maximum atomic E-state index is 5.81. The van der Waals surface area contributed by atoms with Crippen LogP contribution < -0.4 is 0 Å². The first-order valence-electron chi connectivity index (χ1n) is 6.98. The number of nitrogens with zero attached hydrogens (tertiary/aromatic N) is 1. The van der Waals surface area contributed by atoms with Crippen molar-refractivity contribution in [3.8, 4) is 0 Å². The Bertz CT molecular complexity index is 241. The Morgan fingerprint density at radius 3 is 2.29 bits per heavy atom. The van der Waals surface area contributed by atoms with E-state index in [1.165, 1.54) is 19.4 Å². The van der Waals surface area contributed by atoms with Crippen LogP contribution in [-0.4, -0.2) is 49.5 Å². The highest BCUT2D eigenvalue weighted by atomic mass is 16.5. The fraction of sp³-hybridized carbons (Fsp3) is 1.00. The van der Waals surface area contributed by atoms with Crippen LogP contribution in [0.5, 0.6) is 0 Å². The van der Waals surface area contributed by atoms with E-state index in [4.69, 9.17) is 9.47 Å². The van der Waals surface area contributed by atoms with E-state index in [1.807, 2.05) is 0 Å². The molecule has 2 atom stereocenters. The normalized spacial score (nSPS) is 33.0. The highest BCUT2D eigenvalue weighted by Crippen LogP contribution is 2.47. The highest BCUT2D eigenvalue weighted by Gasteiger charge is 2.45. The van der Waals surface area contributed by atoms with Gasteiger partial charge in [0.2, 0.25) is 0 Å². The van der Waals surface area contributed by atoms with Gasteiger partial charge in [-0.25, -0.2) is 0 Å². The van der Waals surface area contributed by atoms with E-state index in [-0.39, 0.29) is 0 Å². The number of ether oxygens (including phenoxy) is 2. The van der Waals surface area contributed by atoms with Crippen LogP contribution in [-0.2, 0) is 9.47 Å². The first-order valence-corrected chi connectivity index (χ1v) is 6.98. The maximum absolute atomic E-state index is 5.81. The Hall–Kier alpha value is -0.120. The number of rotatable bonds is 5. The predicted molar refractivity (Wildman–Crippen MR) is 69.2 cm³/mol. The smallest absolute Gasteiger partial charge is 0.0678 e. The number of hydrogen-bond acceptors (Lipinski definition) is 3. The van der Waals surface area contributed by atoms with Gasteiger partial charge in [0.05, 0.1) is 24.9 Å². The quantitative estimate of drug-likeness (QED) is 0.737.